The highest BCUT2D eigenvalue weighted by Gasteiger charge is 2.27. The van der Waals surface area contributed by atoms with E-state index in [2.05, 4.69) is 20.0 Å². The highest BCUT2D eigenvalue weighted by Crippen LogP contribution is 2.26. The predicted molar refractivity (Wildman–Crippen MR) is 87.5 cm³/mol. The van der Waals surface area contributed by atoms with Gasteiger partial charge in [0.15, 0.2) is 0 Å². The summed E-state index contributed by atoms with van der Waals surface area (Å²) < 4.78 is 7.45. The zero-order valence-electron chi connectivity index (χ0n) is 12.7. The van der Waals surface area contributed by atoms with E-state index in [1.165, 1.54) is 10.8 Å². The molecule has 4 rings (SSSR count). The summed E-state index contributed by atoms with van der Waals surface area (Å²) in [5.74, 6) is 2.79. The molecule has 118 valence electrons. The first-order valence-corrected chi connectivity index (χ1v) is 7.72. The van der Waals surface area contributed by atoms with Crippen molar-refractivity contribution in [2.45, 2.75) is 18.9 Å². The summed E-state index contributed by atoms with van der Waals surface area (Å²) in [6.07, 6.45) is 3.65. The van der Waals surface area contributed by atoms with Gasteiger partial charge in [0, 0.05) is 12.6 Å². The number of benzene rings is 1. The molecular weight excluding hydrogens is 292 g/mol. The third kappa shape index (κ3) is 2.65. The normalized spacial score (nSPS) is 17.7. The van der Waals surface area contributed by atoms with Crippen LogP contribution in [-0.2, 0) is 0 Å². The smallest absolute Gasteiger partial charge is 0.256 e. The van der Waals surface area contributed by atoms with Crippen LogP contribution in [0.2, 0.25) is 0 Å². The van der Waals surface area contributed by atoms with Crippen molar-refractivity contribution in [2.75, 3.05) is 23.8 Å². The monoisotopic (exact) mass is 310 g/mol. The first kappa shape index (κ1) is 13.8. The minimum Gasteiger partial charge on any atom is -0.491 e. The van der Waals surface area contributed by atoms with Crippen molar-refractivity contribution in [3.8, 4) is 5.75 Å². The summed E-state index contributed by atoms with van der Waals surface area (Å²) in [6.45, 7) is 1.57. The quantitative estimate of drug-likeness (QED) is 0.790. The molecule has 3 heterocycles. The van der Waals surface area contributed by atoms with Crippen LogP contribution in [0.4, 0.5) is 11.6 Å². The molecule has 0 radical (unpaired) electrons. The van der Waals surface area contributed by atoms with Gasteiger partial charge in [-0.15, -0.1) is 0 Å². The fourth-order valence-corrected chi connectivity index (χ4v) is 2.99. The molecular formula is C16H18N6O. The number of fused-ring (bicyclic) bond motifs is 1. The van der Waals surface area contributed by atoms with Gasteiger partial charge < -0.3 is 15.4 Å². The van der Waals surface area contributed by atoms with Crippen molar-refractivity contribution in [1.82, 2.24) is 19.6 Å². The molecule has 1 fully saturated rings. The number of anilines is 2. The lowest BCUT2D eigenvalue weighted by Crippen LogP contribution is -2.35. The van der Waals surface area contributed by atoms with Crippen LogP contribution in [-0.4, -0.2) is 38.8 Å². The maximum absolute atomic E-state index is 6.04. The molecule has 7 nitrogen and oxygen atoms in total. The highest BCUT2D eigenvalue weighted by atomic mass is 16.5. The van der Waals surface area contributed by atoms with Crippen LogP contribution in [0.3, 0.4) is 0 Å². The molecule has 23 heavy (non-hydrogen) atoms. The Labute approximate surface area is 133 Å². The molecule has 1 aliphatic heterocycles. The van der Waals surface area contributed by atoms with E-state index in [4.69, 9.17) is 10.5 Å². The van der Waals surface area contributed by atoms with Crippen LogP contribution in [0.25, 0.3) is 5.78 Å². The number of ether oxygens (including phenoxy) is 1. The lowest BCUT2D eigenvalue weighted by Gasteiger charge is -2.26. The van der Waals surface area contributed by atoms with Crippen LogP contribution in [0.5, 0.6) is 5.75 Å². The predicted octanol–water partition coefficient (Wildman–Crippen LogP) is 1.75. The third-order valence-electron chi connectivity index (χ3n) is 4.12. The van der Waals surface area contributed by atoms with Crippen LogP contribution in [0.1, 0.15) is 12.8 Å². The second-order valence-corrected chi connectivity index (χ2v) is 5.62. The molecule has 3 aromatic rings. The molecule has 0 amide bonds. The van der Waals surface area contributed by atoms with Crippen LogP contribution < -0.4 is 15.4 Å². The molecule has 1 aromatic carbocycles. The molecule has 1 aliphatic rings. The Bertz CT molecular complexity index is 803. The molecule has 0 saturated carbocycles. The number of hydrogen-bond acceptors (Lipinski definition) is 6. The Morgan fingerprint density at radius 2 is 2.13 bits per heavy atom. The van der Waals surface area contributed by atoms with Crippen molar-refractivity contribution < 1.29 is 4.74 Å². The van der Waals surface area contributed by atoms with Crippen molar-refractivity contribution in [3.63, 3.8) is 0 Å². The number of rotatable bonds is 4. The largest absolute Gasteiger partial charge is 0.491 e. The lowest BCUT2D eigenvalue weighted by atomic mass is 10.2. The van der Waals surface area contributed by atoms with Crippen molar-refractivity contribution in [3.05, 3.63) is 42.7 Å². The number of nitrogens with zero attached hydrogens (tertiary/aromatic N) is 5. The Hall–Kier alpha value is -2.83. The minimum absolute atomic E-state index is 0.285. The van der Waals surface area contributed by atoms with Crippen LogP contribution >= 0.6 is 0 Å². The van der Waals surface area contributed by atoms with Gasteiger partial charge in [0.2, 0.25) is 0 Å². The summed E-state index contributed by atoms with van der Waals surface area (Å²) in [7, 11) is 0. The van der Waals surface area contributed by atoms with E-state index in [-0.39, 0.29) is 6.04 Å². The van der Waals surface area contributed by atoms with E-state index in [9.17, 15) is 0 Å². The average molecular weight is 310 g/mol. The van der Waals surface area contributed by atoms with Gasteiger partial charge in [-0.3, -0.25) is 0 Å². The van der Waals surface area contributed by atoms with E-state index in [1.54, 1.807) is 0 Å². The standard InChI is InChI=1S/C16H18N6O/c17-14-9-15(20-16-18-11-19-22(14)16)21-8-4-5-12(21)10-23-13-6-2-1-3-7-13/h1-3,6-7,9,11-12H,4-5,8,10,17H2/t12-/m0/s1. The van der Waals surface area contributed by atoms with E-state index in [1.807, 2.05) is 36.4 Å². The van der Waals surface area contributed by atoms with Gasteiger partial charge in [0.25, 0.3) is 5.78 Å². The molecule has 2 aromatic heterocycles. The summed E-state index contributed by atoms with van der Waals surface area (Å²) in [4.78, 5) is 10.9. The summed E-state index contributed by atoms with van der Waals surface area (Å²) in [6, 6.07) is 12.0. The van der Waals surface area contributed by atoms with Gasteiger partial charge in [-0.05, 0) is 25.0 Å². The fourth-order valence-electron chi connectivity index (χ4n) is 2.99. The maximum atomic E-state index is 6.04. The second kappa shape index (κ2) is 5.75. The Kier molecular flexibility index (Phi) is 3.45. The number of para-hydroxylation sites is 1. The van der Waals surface area contributed by atoms with E-state index in [0.29, 0.717) is 18.2 Å². The summed E-state index contributed by atoms with van der Waals surface area (Å²) in [5, 5.41) is 4.06. The number of nitrogens with two attached hydrogens (primary N) is 1. The molecule has 1 saturated heterocycles. The number of hydrogen-bond donors (Lipinski definition) is 1. The SMILES string of the molecule is Nc1cc(N2CCC[C@H]2COc2ccccc2)nc2ncnn12. The highest BCUT2D eigenvalue weighted by molar-refractivity contribution is 5.54. The first-order valence-electron chi connectivity index (χ1n) is 7.72. The Balaban J connectivity index is 1.54. The average Bonchev–Trinajstić information content (AvgIpc) is 3.23. The Morgan fingerprint density at radius 1 is 1.26 bits per heavy atom. The fraction of sp³-hybridized carbons (Fsp3) is 0.312. The van der Waals surface area contributed by atoms with E-state index in [0.717, 1.165) is 31.0 Å². The lowest BCUT2D eigenvalue weighted by molar-refractivity contribution is 0.288. The molecule has 7 heteroatoms. The second-order valence-electron chi connectivity index (χ2n) is 5.62. The van der Waals surface area contributed by atoms with E-state index < -0.39 is 0 Å². The van der Waals surface area contributed by atoms with E-state index >= 15 is 0 Å². The molecule has 0 aliphatic carbocycles. The molecule has 1 atom stereocenters. The van der Waals surface area contributed by atoms with Crippen molar-refractivity contribution in [1.29, 1.82) is 0 Å². The third-order valence-corrected chi connectivity index (χ3v) is 4.12. The van der Waals surface area contributed by atoms with Gasteiger partial charge >= 0.3 is 0 Å². The topological polar surface area (TPSA) is 81.6 Å². The van der Waals surface area contributed by atoms with Crippen molar-refractivity contribution >= 4 is 17.4 Å². The van der Waals surface area contributed by atoms with Gasteiger partial charge in [-0.25, -0.2) is 0 Å². The molecule has 0 spiro atoms. The van der Waals surface area contributed by atoms with Crippen LogP contribution in [0.15, 0.2) is 42.7 Å². The van der Waals surface area contributed by atoms with Gasteiger partial charge in [-0.2, -0.15) is 19.6 Å². The van der Waals surface area contributed by atoms with Gasteiger partial charge in [-0.1, -0.05) is 18.2 Å². The molecule has 0 bridgehead atoms. The maximum Gasteiger partial charge on any atom is 0.256 e. The summed E-state index contributed by atoms with van der Waals surface area (Å²) >= 11 is 0. The van der Waals surface area contributed by atoms with Gasteiger partial charge in [0.05, 0.1) is 6.04 Å². The zero-order chi connectivity index (χ0) is 15.6. The number of aromatic nitrogens is 4. The summed E-state index contributed by atoms with van der Waals surface area (Å²) in [5.41, 5.74) is 6.04. The van der Waals surface area contributed by atoms with Crippen LogP contribution in [0, 0.1) is 0 Å². The minimum atomic E-state index is 0.285. The zero-order valence-corrected chi connectivity index (χ0v) is 12.7. The van der Waals surface area contributed by atoms with Crippen molar-refractivity contribution in [2.24, 2.45) is 0 Å². The molecule has 0 unspecified atom stereocenters. The number of nitrogen functional groups attached to an aromatic ring is 1. The van der Waals surface area contributed by atoms with Gasteiger partial charge in [0.1, 0.15) is 30.3 Å². The molecule has 2 N–H and O–H groups in total. The first-order chi connectivity index (χ1) is 11.3. The Morgan fingerprint density at radius 3 is 3.00 bits per heavy atom.